The van der Waals surface area contributed by atoms with Crippen LogP contribution in [0.3, 0.4) is 0 Å². The third-order valence-corrected chi connectivity index (χ3v) is 4.40. The first kappa shape index (κ1) is 13.8. The molecule has 0 atom stereocenters. The molecule has 1 aliphatic carbocycles. The van der Waals surface area contributed by atoms with Crippen molar-refractivity contribution < 1.29 is 4.52 Å². The summed E-state index contributed by atoms with van der Waals surface area (Å²) in [6, 6.07) is 7.07. The molecule has 4 nitrogen and oxygen atoms in total. The van der Waals surface area contributed by atoms with Crippen LogP contribution >= 0.6 is 11.3 Å². The van der Waals surface area contributed by atoms with Crippen LogP contribution in [0, 0.1) is 0 Å². The molecule has 0 saturated heterocycles. The van der Waals surface area contributed by atoms with Crippen LogP contribution < -0.4 is 5.32 Å². The van der Waals surface area contributed by atoms with E-state index in [0.717, 1.165) is 37.6 Å². The molecule has 0 radical (unpaired) electrons. The molecule has 0 spiro atoms. The third-order valence-electron chi connectivity index (χ3n) is 3.54. The number of nitrogens with zero attached hydrogens (tertiary/aromatic N) is 2. The van der Waals surface area contributed by atoms with Gasteiger partial charge < -0.3 is 9.84 Å². The zero-order valence-corrected chi connectivity index (χ0v) is 12.7. The summed E-state index contributed by atoms with van der Waals surface area (Å²) in [6.07, 6.45) is 2.60. The molecule has 2 aromatic heterocycles. The molecular formula is C15H21N3OS. The van der Waals surface area contributed by atoms with Crippen molar-refractivity contribution >= 4 is 11.3 Å². The minimum absolute atomic E-state index is 0.709. The Kier molecular flexibility index (Phi) is 4.50. The van der Waals surface area contributed by atoms with Gasteiger partial charge in [-0.2, -0.15) is 0 Å². The fourth-order valence-electron chi connectivity index (χ4n) is 2.17. The van der Waals surface area contributed by atoms with Crippen molar-refractivity contribution in [1.82, 2.24) is 15.4 Å². The minimum atomic E-state index is 0.709. The largest absolute Gasteiger partial charge is 0.360 e. The maximum absolute atomic E-state index is 5.44. The lowest BCUT2D eigenvalue weighted by molar-refractivity contribution is 0.235. The van der Waals surface area contributed by atoms with E-state index in [1.54, 1.807) is 11.3 Å². The second-order valence-corrected chi connectivity index (χ2v) is 6.35. The summed E-state index contributed by atoms with van der Waals surface area (Å²) in [5.74, 6) is 0.955. The van der Waals surface area contributed by atoms with Crippen molar-refractivity contribution in [2.75, 3.05) is 6.54 Å². The van der Waals surface area contributed by atoms with E-state index in [4.69, 9.17) is 4.52 Å². The van der Waals surface area contributed by atoms with Crippen molar-refractivity contribution in [1.29, 1.82) is 0 Å². The maximum Gasteiger partial charge on any atom is 0.151 e. The molecule has 0 bridgehead atoms. The van der Waals surface area contributed by atoms with Gasteiger partial charge in [0, 0.05) is 30.1 Å². The average Bonchev–Trinajstić information content (AvgIpc) is 2.96. The molecule has 0 unspecified atom stereocenters. The molecule has 2 aromatic rings. The summed E-state index contributed by atoms with van der Waals surface area (Å²) in [5.41, 5.74) is 1.01. The standard InChI is InChI=1S/C15H21N3OS/c1-2-18(11-15-4-3-7-20-15)10-14-8-13(17-19-14)9-16-12-5-6-12/h3-4,7-8,12,16H,2,5-6,9-11H2,1H3. The third kappa shape index (κ3) is 3.91. The molecule has 1 N–H and O–H groups in total. The predicted octanol–water partition coefficient (Wildman–Crippen LogP) is 3.01. The molecular weight excluding hydrogens is 270 g/mol. The number of nitrogens with one attached hydrogen (secondary N) is 1. The minimum Gasteiger partial charge on any atom is -0.360 e. The fourth-order valence-corrected chi connectivity index (χ4v) is 2.92. The summed E-state index contributed by atoms with van der Waals surface area (Å²) in [5, 5.41) is 9.72. The summed E-state index contributed by atoms with van der Waals surface area (Å²) in [6.45, 7) is 5.81. The molecule has 0 aliphatic heterocycles. The highest BCUT2D eigenvalue weighted by atomic mass is 32.1. The second-order valence-electron chi connectivity index (χ2n) is 5.32. The molecule has 1 aliphatic rings. The predicted molar refractivity (Wildman–Crippen MR) is 80.5 cm³/mol. The lowest BCUT2D eigenvalue weighted by atomic mass is 10.3. The fraction of sp³-hybridized carbons (Fsp3) is 0.533. The zero-order valence-electron chi connectivity index (χ0n) is 11.8. The van der Waals surface area contributed by atoms with Gasteiger partial charge in [0.15, 0.2) is 5.76 Å². The first-order valence-electron chi connectivity index (χ1n) is 7.26. The highest BCUT2D eigenvalue weighted by molar-refractivity contribution is 7.09. The molecule has 1 saturated carbocycles. The van der Waals surface area contributed by atoms with Crippen LogP contribution in [-0.4, -0.2) is 22.6 Å². The van der Waals surface area contributed by atoms with E-state index < -0.39 is 0 Å². The Balaban J connectivity index is 1.52. The zero-order chi connectivity index (χ0) is 13.8. The van der Waals surface area contributed by atoms with Gasteiger partial charge in [0.25, 0.3) is 0 Å². The number of rotatable bonds is 8. The monoisotopic (exact) mass is 291 g/mol. The van der Waals surface area contributed by atoms with Gasteiger partial charge in [0.05, 0.1) is 12.2 Å². The normalized spacial score (nSPS) is 15.1. The Morgan fingerprint density at radius 3 is 3.05 bits per heavy atom. The highest BCUT2D eigenvalue weighted by Gasteiger charge is 2.20. The Morgan fingerprint density at radius 2 is 2.35 bits per heavy atom. The van der Waals surface area contributed by atoms with Crippen molar-refractivity contribution in [2.24, 2.45) is 0 Å². The Morgan fingerprint density at radius 1 is 1.45 bits per heavy atom. The van der Waals surface area contributed by atoms with Gasteiger partial charge in [-0.1, -0.05) is 18.1 Å². The van der Waals surface area contributed by atoms with Crippen LogP contribution in [0.2, 0.25) is 0 Å². The molecule has 3 rings (SSSR count). The van der Waals surface area contributed by atoms with Crippen molar-refractivity contribution in [2.45, 2.75) is 45.4 Å². The summed E-state index contributed by atoms with van der Waals surface area (Å²) in [4.78, 5) is 3.76. The topological polar surface area (TPSA) is 41.3 Å². The SMILES string of the molecule is CCN(Cc1cc(CNC2CC2)no1)Cc1cccs1. The van der Waals surface area contributed by atoms with Gasteiger partial charge in [0.2, 0.25) is 0 Å². The molecule has 2 heterocycles. The number of hydrogen-bond acceptors (Lipinski definition) is 5. The van der Waals surface area contributed by atoms with Crippen LogP contribution in [0.15, 0.2) is 28.1 Å². The number of aromatic nitrogens is 1. The van der Waals surface area contributed by atoms with Crippen LogP contribution in [0.25, 0.3) is 0 Å². The van der Waals surface area contributed by atoms with E-state index in [1.165, 1.54) is 17.7 Å². The highest BCUT2D eigenvalue weighted by Crippen LogP contribution is 2.19. The molecule has 0 amide bonds. The molecule has 20 heavy (non-hydrogen) atoms. The van der Waals surface area contributed by atoms with Gasteiger partial charge in [0.1, 0.15) is 0 Å². The van der Waals surface area contributed by atoms with Crippen LogP contribution in [0.5, 0.6) is 0 Å². The Bertz CT molecular complexity index is 519. The van der Waals surface area contributed by atoms with E-state index in [2.05, 4.69) is 45.9 Å². The average molecular weight is 291 g/mol. The van der Waals surface area contributed by atoms with Crippen LogP contribution in [0.4, 0.5) is 0 Å². The van der Waals surface area contributed by atoms with Crippen molar-refractivity contribution in [3.8, 4) is 0 Å². The Labute approximate surface area is 123 Å². The second kappa shape index (κ2) is 6.52. The van der Waals surface area contributed by atoms with Gasteiger partial charge in [-0.25, -0.2) is 0 Å². The van der Waals surface area contributed by atoms with Gasteiger partial charge in [-0.15, -0.1) is 11.3 Å². The lowest BCUT2D eigenvalue weighted by Gasteiger charge is -2.17. The lowest BCUT2D eigenvalue weighted by Crippen LogP contribution is -2.21. The van der Waals surface area contributed by atoms with E-state index in [9.17, 15) is 0 Å². The summed E-state index contributed by atoms with van der Waals surface area (Å²) >= 11 is 1.80. The first-order valence-corrected chi connectivity index (χ1v) is 8.14. The van der Waals surface area contributed by atoms with Gasteiger partial charge >= 0.3 is 0 Å². The van der Waals surface area contributed by atoms with Gasteiger partial charge in [-0.05, 0) is 30.8 Å². The van der Waals surface area contributed by atoms with E-state index >= 15 is 0 Å². The molecule has 0 aromatic carbocycles. The van der Waals surface area contributed by atoms with E-state index in [-0.39, 0.29) is 0 Å². The summed E-state index contributed by atoms with van der Waals surface area (Å²) in [7, 11) is 0. The molecule has 5 heteroatoms. The molecule has 108 valence electrons. The molecule has 1 fully saturated rings. The maximum atomic E-state index is 5.44. The van der Waals surface area contributed by atoms with E-state index in [0.29, 0.717) is 6.04 Å². The van der Waals surface area contributed by atoms with Crippen molar-refractivity contribution in [3.05, 3.63) is 39.9 Å². The quantitative estimate of drug-likeness (QED) is 0.812. The van der Waals surface area contributed by atoms with Crippen molar-refractivity contribution in [3.63, 3.8) is 0 Å². The Hall–Kier alpha value is -1.17. The van der Waals surface area contributed by atoms with Gasteiger partial charge in [-0.3, -0.25) is 4.90 Å². The van der Waals surface area contributed by atoms with Crippen LogP contribution in [0.1, 0.15) is 36.1 Å². The first-order chi connectivity index (χ1) is 9.83. The summed E-state index contributed by atoms with van der Waals surface area (Å²) < 4.78 is 5.44. The van der Waals surface area contributed by atoms with Crippen LogP contribution in [-0.2, 0) is 19.6 Å². The number of thiophene rings is 1. The number of hydrogen-bond donors (Lipinski definition) is 1. The smallest absolute Gasteiger partial charge is 0.151 e. The van der Waals surface area contributed by atoms with E-state index in [1.807, 2.05) is 0 Å².